The van der Waals surface area contributed by atoms with Crippen LogP contribution in [-0.2, 0) is 0 Å². The Balaban J connectivity index is 1.39. The summed E-state index contributed by atoms with van der Waals surface area (Å²) in [6, 6.07) is 8.65. The van der Waals surface area contributed by atoms with Gasteiger partial charge in [0.05, 0.1) is 18.3 Å². The molecule has 3 atom stereocenters. The Labute approximate surface area is 225 Å². The molecule has 10 heteroatoms. The van der Waals surface area contributed by atoms with Crippen molar-refractivity contribution in [1.82, 2.24) is 25.1 Å². The standard InChI is InChI=1S/C28H40N8O2/c1-4-35(28(38)34(2)3)23-15-18-5-10-22(23)36(17-18)24-16-31-25(26(29)37)27(33-24)32-21-8-6-19(7-9-21)20-11-13-30-14-12-20/h6-9,16,18,20,22-23,30H,4-5,10-15,17H2,1-3H3,(H2,29,37)(H,32,33). The molecule has 0 radical (unpaired) electrons. The van der Waals surface area contributed by atoms with Crippen LogP contribution >= 0.6 is 0 Å². The maximum atomic E-state index is 12.9. The number of nitrogens with zero attached hydrogens (tertiary/aromatic N) is 5. The molecule has 3 amide bonds. The average Bonchev–Trinajstić information content (AvgIpc) is 2.94. The lowest BCUT2D eigenvalue weighted by Crippen LogP contribution is -2.63. The summed E-state index contributed by atoms with van der Waals surface area (Å²) in [4.78, 5) is 40.4. The SMILES string of the molecule is CCN(C(=O)N(C)C)C1CC2CCC1N(c1cnc(C(N)=O)c(Nc3ccc(C4CCNCC4)cc3)n1)C2. The van der Waals surface area contributed by atoms with Gasteiger partial charge in [0.25, 0.3) is 5.91 Å². The summed E-state index contributed by atoms with van der Waals surface area (Å²) in [5.41, 5.74) is 7.95. The van der Waals surface area contributed by atoms with E-state index in [0.29, 0.717) is 30.0 Å². The number of carbonyl (C=O) groups excluding carboxylic acids is 2. The predicted octanol–water partition coefficient (Wildman–Crippen LogP) is 3.15. The first-order valence-electron chi connectivity index (χ1n) is 13.8. The summed E-state index contributed by atoms with van der Waals surface area (Å²) in [7, 11) is 3.60. The number of rotatable bonds is 7. The van der Waals surface area contributed by atoms with Crippen LogP contribution in [0.3, 0.4) is 0 Å². The summed E-state index contributed by atoms with van der Waals surface area (Å²) >= 11 is 0. The van der Waals surface area contributed by atoms with E-state index >= 15 is 0 Å². The van der Waals surface area contributed by atoms with Crippen LogP contribution in [0.1, 0.15) is 61.0 Å². The molecule has 4 aliphatic rings. The number of fused-ring (bicyclic) bond motifs is 3. The number of likely N-dealkylation sites (N-methyl/N-ethyl adjacent to an activating group) is 1. The summed E-state index contributed by atoms with van der Waals surface area (Å²) in [5.74, 6) is 1.49. The molecule has 3 unspecified atom stereocenters. The van der Waals surface area contributed by atoms with Crippen molar-refractivity contribution in [3.05, 3.63) is 41.7 Å². The largest absolute Gasteiger partial charge is 0.364 e. The second kappa shape index (κ2) is 11.1. The number of amides is 3. The molecule has 1 aliphatic carbocycles. The van der Waals surface area contributed by atoms with E-state index in [9.17, 15) is 9.59 Å². The number of benzene rings is 1. The highest BCUT2D eigenvalue weighted by Crippen LogP contribution is 2.40. The van der Waals surface area contributed by atoms with Gasteiger partial charge < -0.3 is 31.1 Å². The van der Waals surface area contributed by atoms with Gasteiger partial charge >= 0.3 is 6.03 Å². The van der Waals surface area contributed by atoms with Crippen LogP contribution in [0.4, 0.5) is 22.1 Å². The lowest BCUT2D eigenvalue weighted by Gasteiger charge is -2.53. The first-order chi connectivity index (χ1) is 18.4. The third kappa shape index (κ3) is 5.27. The highest BCUT2D eigenvalue weighted by atomic mass is 16.2. The zero-order valence-electron chi connectivity index (χ0n) is 22.7. The van der Waals surface area contributed by atoms with E-state index < -0.39 is 5.91 Å². The Bertz CT molecular complexity index is 1150. The molecule has 4 fully saturated rings. The second-order valence-corrected chi connectivity index (χ2v) is 11.0. The first kappa shape index (κ1) is 26.2. The Hall–Kier alpha value is -3.40. The molecule has 10 nitrogen and oxygen atoms in total. The van der Waals surface area contributed by atoms with E-state index in [4.69, 9.17) is 10.7 Å². The first-order valence-corrected chi connectivity index (χ1v) is 13.8. The molecule has 4 heterocycles. The molecule has 2 aromatic rings. The van der Waals surface area contributed by atoms with Crippen molar-refractivity contribution in [1.29, 1.82) is 0 Å². The fourth-order valence-corrected chi connectivity index (χ4v) is 6.44. The van der Waals surface area contributed by atoms with Crippen LogP contribution < -0.4 is 21.3 Å². The average molecular weight is 521 g/mol. The Morgan fingerprint density at radius 1 is 1.13 bits per heavy atom. The molecule has 4 N–H and O–H groups in total. The lowest BCUT2D eigenvalue weighted by atomic mass is 9.76. The smallest absolute Gasteiger partial charge is 0.319 e. The van der Waals surface area contributed by atoms with Crippen LogP contribution in [0.5, 0.6) is 0 Å². The number of nitrogens with two attached hydrogens (primary N) is 1. The number of hydrogen-bond donors (Lipinski definition) is 3. The van der Waals surface area contributed by atoms with E-state index in [1.807, 2.05) is 24.0 Å². The monoisotopic (exact) mass is 520 g/mol. The van der Waals surface area contributed by atoms with E-state index in [-0.39, 0.29) is 23.8 Å². The molecule has 1 saturated carbocycles. The number of hydrogen-bond acceptors (Lipinski definition) is 7. The maximum Gasteiger partial charge on any atom is 0.319 e. The highest BCUT2D eigenvalue weighted by molar-refractivity contribution is 5.96. The fourth-order valence-electron chi connectivity index (χ4n) is 6.44. The second-order valence-electron chi connectivity index (χ2n) is 11.0. The van der Waals surface area contributed by atoms with Crippen molar-refractivity contribution in [3.8, 4) is 0 Å². The van der Waals surface area contributed by atoms with Gasteiger partial charge in [0.15, 0.2) is 11.5 Å². The number of primary amides is 1. The topological polar surface area (TPSA) is 120 Å². The van der Waals surface area contributed by atoms with Crippen LogP contribution in [0, 0.1) is 5.92 Å². The molecule has 1 aromatic heterocycles. The molecule has 6 rings (SSSR count). The van der Waals surface area contributed by atoms with Crippen LogP contribution in [0.15, 0.2) is 30.5 Å². The van der Waals surface area contributed by atoms with E-state index in [2.05, 4.69) is 32.7 Å². The van der Waals surface area contributed by atoms with Crippen molar-refractivity contribution in [2.24, 2.45) is 11.7 Å². The molecule has 38 heavy (non-hydrogen) atoms. The van der Waals surface area contributed by atoms with Gasteiger partial charge in [-0.1, -0.05) is 12.1 Å². The predicted molar refractivity (Wildman–Crippen MR) is 149 cm³/mol. The van der Waals surface area contributed by atoms with Gasteiger partial charge in [0.2, 0.25) is 0 Å². The van der Waals surface area contributed by atoms with Gasteiger partial charge in [-0.05, 0) is 81.6 Å². The molecule has 204 valence electrons. The third-order valence-corrected chi connectivity index (χ3v) is 8.39. The number of anilines is 3. The minimum absolute atomic E-state index is 0.0375. The van der Waals surface area contributed by atoms with E-state index in [1.54, 1.807) is 25.2 Å². The maximum absolute atomic E-state index is 12.9. The normalized spacial score (nSPS) is 23.2. The molecule has 2 bridgehead atoms. The molecule has 0 spiro atoms. The van der Waals surface area contributed by atoms with Crippen LogP contribution in [0.25, 0.3) is 0 Å². The molecular formula is C28H40N8O2. The minimum atomic E-state index is -0.621. The van der Waals surface area contributed by atoms with Gasteiger partial charge in [-0.25, -0.2) is 14.8 Å². The van der Waals surface area contributed by atoms with Gasteiger partial charge in [-0.15, -0.1) is 0 Å². The van der Waals surface area contributed by atoms with Crippen molar-refractivity contribution < 1.29 is 9.59 Å². The zero-order chi connectivity index (χ0) is 26.8. The molecule has 1 aromatic carbocycles. The van der Waals surface area contributed by atoms with Gasteiger partial charge in [0, 0.05) is 32.9 Å². The van der Waals surface area contributed by atoms with Gasteiger partial charge in [0.1, 0.15) is 5.82 Å². The lowest BCUT2D eigenvalue weighted by molar-refractivity contribution is 0.0891. The number of carbonyl (C=O) groups is 2. The van der Waals surface area contributed by atoms with E-state index in [1.165, 1.54) is 5.56 Å². The summed E-state index contributed by atoms with van der Waals surface area (Å²) in [6.45, 7) is 5.66. The fraction of sp³-hybridized carbons (Fsp3) is 0.571. The van der Waals surface area contributed by atoms with E-state index in [0.717, 1.165) is 57.4 Å². The minimum Gasteiger partial charge on any atom is -0.364 e. The number of piperidine rings is 3. The Kier molecular flexibility index (Phi) is 7.69. The molecular weight excluding hydrogens is 480 g/mol. The van der Waals surface area contributed by atoms with Crippen molar-refractivity contribution >= 4 is 29.3 Å². The summed E-state index contributed by atoms with van der Waals surface area (Å²) in [6.07, 6.45) is 7.06. The Morgan fingerprint density at radius 3 is 2.50 bits per heavy atom. The quantitative estimate of drug-likeness (QED) is 0.513. The van der Waals surface area contributed by atoms with Crippen LogP contribution in [-0.4, -0.2) is 84.1 Å². The third-order valence-electron chi connectivity index (χ3n) is 8.39. The highest BCUT2D eigenvalue weighted by Gasteiger charge is 2.45. The van der Waals surface area contributed by atoms with Gasteiger partial charge in [-0.2, -0.15) is 0 Å². The summed E-state index contributed by atoms with van der Waals surface area (Å²) in [5, 5.41) is 6.71. The van der Waals surface area contributed by atoms with Crippen molar-refractivity contribution in [2.75, 3.05) is 50.5 Å². The summed E-state index contributed by atoms with van der Waals surface area (Å²) < 4.78 is 0. The number of urea groups is 1. The molecule has 3 saturated heterocycles. The van der Waals surface area contributed by atoms with Gasteiger partial charge in [-0.3, -0.25) is 4.79 Å². The van der Waals surface area contributed by atoms with Crippen molar-refractivity contribution in [2.45, 2.75) is 57.0 Å². The van der Waals surface area contributed by atoms with Crippen molar-refractivity contribution in [3.63, 3.8) is 0 Å². The van der Waals surface area contributed by atoms with Crippen LogP contribution in [0.2, 0.25) is 0 Å². The number of aromatic nitrogens is 2. The zero-order valence-corrected chi connectivity index (χ0v) is 22.7. The Morgan fingerprint density at radius 2 is 1.87 bits per heavy atom. The number of nitrogens with one attached hydrogen (secondary N) is 2. The molecule has 3 aliphatic heterocycles.